The average Bonchev–Trinajstić information content (AvgIpc) is 3.29. The second-order valence-corrected chi connectivity index (χ2v) is 7.27. The van der Waals surface area contributed by atoms with Gasteiger partial charge in [-0.3, -0.25) is 10.1 Å². The van der Waals surface area contributed by atoms with Crippen molar-refractivity contribution in [1.29, 1.82) is 0 Å². The third-order valence-electron chi connectivity index (χ3n) is 3.25. The number of amides is 1. The summed E-state index contributed by atoms with van der Waals surface area (Å²) in [7, 11) is 0. The predicted molar refractivity (Wildman–Crippen MR) is 92.6 cm³/mol. The van der Waals surface area contributed by atoms with E-state index in [1.165, 1.54) is 4.68 Å². The van der Waals surface area contributed by atoms with Crippen molar-refractivity contribution in [2.24, 2.45) is 0 Å². The number of aromatic nitrogens is 6. The van der Waals surface area contributed by atoms with Crippen LogP contribution in [-0.2, 0) is 11.0 Å². The zero-order valence-electron chi connectivity index (χ0n) is 13.7. The molecular weight excluding hydrogens is 403 g/mol. The Hall–Kier alpha value is -2.54. The van der Waals surface area contributed by atoms with Crippen LogP contribution >= 0.6 is 23.1 Å². The summed E-state index contributed by atoms with van der Waals surface area (Å²) in [5, 5.41) is 18.6. The highest BCUT2D eigenvalue weighted by atomic mass is 32.2. The summed E-state index contributed by atoms with van der Waals surface area (Å²) in [6.07, 6.45) is -4.19. The van der Waals surface area contributed by atoms with Crippen molar-refractivity contribution in [3.05, 3.63) is 35.3 Å². The second kappa shape index (κ2) is 8.00. The van der Waals surface area contributed by atoms with Crippen LogP contribution in [0.1, 0.15) is 18.4 Å². The van der Waals surface area contributed by atoms with Crippen LogP contribution < -0.4 is 5.32 Å². The van der Waals surface area contributed by atoms with Gasteiger partial charge in [0.15, 0.2) is 0 Å². The zero-order chi connectivity index (χ0) is 19.4. The van der Waals surface area contributed by atoms with Gasteiger partial charge < -0.3 is 0 Å². The van der Waals surface area contributed by atoms with Gasteiger partial charge in [-0.05, 0) is 29.0 Å². The summed E-state index contributed by atoms with van der Waals surface area (Å²) in [6.45, 7) is 1.77. The minimum atomic E-state index is -4.60. The Balaban J connectivity index is 1.72. The lowest BCUT2D eigenvalue weighted by Crippen LogP contribution is -2.25. The van der Waals surface area contributed by atoms with E-state index < -0.39 is 22.3 Å². The molecule has 1 atom stereocenters. The van der Waals surface area contributed by atoms with Crippen LogP contribution in [0.2, 0.25) is 0 Å². The molecule has 0 saturated heterocycles. The van der Waals surface area contributed by atoms with Crippen molar-refractivity contribution < 1.29 is 18.0 Å². The summed E-state index contributed by atoms with van der Waals surface area (Å²) < 4.78 is 39.2. The maximum atomic E-state index is 12.6. The molecular formula is C14H12F3N7OS2. The third kappa shape index (κ3) is 4.60. The van der Waals surface area contributed by atoms with Crippen molar-refractivity contribution >= 4 is 34.1 Å². The highest BCUT2D eigenvalue weighted by Crippen LogP contribution is 2.33. The van der Waals surface area contributed by atoms with E-state index in [0.717, 1.165) is 17.4 Å². The number of carbonyl (C=O) groups is 1. The summed E-state index contributed by atoms with van der Waals surface area (Å²) in [5.74, 6) is -0.505. The number of hydrogen-bond acceptors (Lipinski definition) is 8. The largest absolute Gasteiger partial charge is 0.445 e. The van der Waals surface area contributed by atoms with Crippen LogP contribution in [0.5, 0.6) is 0 Å². The van der Waals surface area contributed by atoms with E-state index in [4.69, 9.17) is 0 Å². The van der Waals surface area contributed by atoms with Gasteiger partial charge in [0.25, 0.3) is 0 Å². The molecule has 0 aliphatic rings. The number of nitrogens with one attached hydrogen (secondary N) is 1. The van der Waals surface area contributed by atoms with Crippen LogP contribution in [0.4, 0.5) is 18.3 Å². The molecule has 8 nitrogen and oxygen atoms in total. The molecule has 0 radical (unpaired) electrons. The lowest BCUT2D eigenvalue weighted by atomic mass is 10.3. The zero-order valence-corrected chi connectivity index (χ0v) is 15.3. The van der Waals surface area contributed by atoms with Crippen LogP contribution in [-0.4, -0.2) is 41.6 Å². The lowest BCUT2D eigenvalue weighted by molar-refractivity contribution is -0.138. The molecule has 3 aromatic rings. The first-order valence-electron chi connectivity index (χ1n) is 7.60. The number of thioether (sulfide) groups is 1. The fraction of sp³-hybridized carbons (Fsp3) is 0.286. The van der Waals surface area contributed by atoms with Crippen molar-refractivity contribution in [3.8, 4) is 5.69 Å². The average molecular weight is 415 g/mol. The Morgan fingerprint density at radius 1 is 1.26 bits per heavy atom. The number of tetrazole rings is 1. The highest BCUT2D eigenvalue weighted by molar-refractivity contribution is 8.00. The number of carbonyl (C=O) groups excluding carboxylic acids is 1. The van der Waals surface area contributed by atoms with Crippen LogP contribution in [0.25, 0.3) is 5.69 Å². The van der Waals surface area contributed by atoms with Crippen molar-refractivity contribution in [2.45, 2.75) is 29.9 Å². The summed E-state index contributed by atoms with van der Waals surface area (Å²) in [4.78, 5) is 12.4. The van der Waals surface area contributed by atoms with Gasteiger partial charge >= 0.3 is 6.18 Å². The number of hydrogen-bond donors (Lipinski definition) is 1. The Bertz CT molecular complexity index is 913. The van der Waals surface area contributed by atoms with Crippen LogP contribution in [0.15, 0.2) is 35.5 Å². The quantitative estimate of drug-likeness (QED) is 0.618. The third-order valence-corrected chi connectivity index (χ3v) is 5.43. The Kier molecular flexibility index (Phi) is 5.70. The predicted octanol–water partition coefficient (Wildman–Crippen LogP) is 3.04. The van der Waals surface area contributed by atoms with Crippen LogP contribution in [0.3, 0.4) is 0 Å². The fourth-order valence-corrected chi connectivity index (χ4v) is 3.53. The number of para-hydroxylation sites is 1. The van der Waals surface area contributed by atoms with Gasteiger partial charge in [0.1, 0.15) is 0 Å². The van der Waals surface area contributed by atoms with E-state index in [2.05, 4.69) is 31.0 Å². The molecule has 0 bridgehead atoms. The maximum Gasteiger partial charge on any atom is 0.445 e. The number of nitrogens with zero attached hydrogens (tertiary/aromatic N) is 6. The van der Waals surface area contributed by atoms with Gasteiger partial charge in [-0.15, -0.1) is 15.3 Å². The first kappa shape index (κ1) is 19.2. The monoisotopic (exact) mass is 415 g/mol. The first-order valence-corrected chi connectivity index (χ1v) is 9.30. The molecule has 0 fully saturated rings. The Morgan fingerprint density at radius 2 is 2.00 bits per heavy atom. The van der Waals surface area contributed by atoms with E-state index in [9.17, 15) is 18.0 Å². The molecule has 0 saturated carbocycles. The summed E-state index contributed by atoms with van der Waals surface area (Å²) >= 11 is 1.38. The smallest absolute Gasteiger partial charge is 0.300 e. The molecule has 1 aromatic carbocycles. The Labute approximate surface area is 159 Å². The van der Waals surface area contributed by atoms with Gasteiger partial charge in [-0.2, -0.15) is 17.9 Å². The Morgan fingerprint density at radius 3 is 2.63 bits per heavy atom. The van der Waals surface area contributed by atoms with Crippen molar-refractivity contribution in [3.63, 3.8) is 0 Å². The van der Waals surface area contributed by atoms with Crippen LogP contribution in [0, 0.1) is 0 Å². The van der Waals surface area contributed by atoms with Gasteiger partial charge in [0.2, 0.25) is 21.2 Å². The van der Waals surface area contributed by atoms with Gasteiger partial charge in [0, 0.05) is 0 Å². The lowest BCUT2D eigenvalue weighted by Gasteiger charge is -2.12. The number of halogens is 3. The van der Waals surface area contributed by atoms with E-state index in [1.54, 1.807) is 19.1 Å². The molecule has 27 heavy (non-hydrogen) atoms. The standard InChI is InChI=1S/C14H12F3N7OS2/c1-2-9(10(25)18-12-20-19-11(27-12)14(15,16)17)26-13-21-22-23-24(13)8-6-4-3-5-7-8/h3-7,9H,2H2,1H3,(H,18,20,25). The summed E-state index contributed by atoms with van der Waals surface area (Å²) in [6, 6.07) is 9.11. The molecule has 0 aliphatic carbocycles. The SMILES string of the molecule is CCC(Sc1nnnn1-c1ccccc1)C(=O)Nc1nnc(C(F)(F)F)s1. The van der Waals surface area contributed by atoms with E-state index in [1.807, 2.05) is 18.2 Å². The molecule has 1 amide bonds. The fourth-order valence-electron chi connectivity index (χ4n) is 2.01. The second-order valence-electron chi connectivity index (χ2n) is 5.12. The molecule has 13 heteroatoms. The number of alkyl halides is 3. The van der Waals surface area contributed by atoms with Crippen molar-refractivity contribution in [2.75, 3.05) is 5.32 Å². The topological polar surface area (TPSA) is 98.5 Å². The summed E-state index contributed by atoms with van der Waals surface area (Å²) in [5.41, 5.74) is 0.721. The highest BCUT2D eigenvalue weighted by Gasteiger charge is 2.36. The number of rotatable bonds is 6. The van der Waals surface area contributed by atoms with Crippen molar-refractivity contribution in [1.82, 2.24) is 30.4 Å². The molecule has 0 spiro atoms. The van der Waals surface area contributed by atoms with Gasteiger partial charge in [-0.25, -0.2) is 0 Å². The van der Waals surface area contributed by atoms with Gasteiger partial charge in [0.05, 0.1) is 10.9 Å². The van der Waals surface area contributed by atoms with Gasteiger partial charge in [-0.1, -0.05) is 48.2 Å². The maximum absolute atomic E-state index is 12.6. The molecule has 3 rings (SSSR count). The minimum Gasteiger partial charge on any atom is -0.300 e. The molecule has 2 aromatic heterocycles. The first-order chi connectivity index (χ1) is 12.9. The normalized spacial score (nSPS) is 12.7. The minimum absolute atomic E-state index is 0.214. The van der Waals surface area contributed by atoms with E-state index in [-0.39, 0.29) is 16.5 Å². The number of anilines is 1. The van der Waals surface area contributed by atoms with E-state index >= 15 is 0 Å². The molecule has 2 heterocycles. The molecule has 0 aliphatic heterocycles. The van der Waals surface area contributed by atoms with E-state index in [0.29, 0.717) is 11.6 Å². The molecule has 1 N–H and O–H groups in total. The number of benzene rings is 1. The molecule has 142 valence electrons. The molecule has 1 unspecified atom stereocenters.